The van der Waals surface area contributed by atoms with Crippen molar-refractivity contribution in [1.82, 2.24) is 0 Å². The van der Waals surface area contributed by atoms with Gasteiger partial charge < -0.3 is 8.74 Å². The van der Waals surface area contributed by atoms with Gasteiger partial charge in [0, 0.05) is 5.30 Å². The average molecular weight is 566 g/mol. The van der Waals surface area contributed by atoms with E-state index in [-0.39, 0.29) is 21.7 Å². The second-order valence-electron chi connectivity index (χ2n) is 14.6. The first-order chi connectivity index (χ1) is 17.7. The van der Waals surface area contributed by atoms with Crippen LogP contribution in [0.1, 0.15) is 105 Å². The maximum absolute atomic E-state index is 11.7. The molecule has 0 saturated heterocycles. The van der Waals surface area contributed by atoms with Crippen molar-refractivity contribution in [3.63, 3.8) is 0 Å². The van der Waals surface area contributed by atoms with Gasteiger partial charge in [0.05, 0.1) is 0 Å². The fraction of sp³-hybridized carbons (Fsp3) is 0.471. The Hall–Kier alpha value is -2.00. The highest BCUT2D eigenvalue weighted by Crippen LogP contribution is 2.42. The maximum Gasteiger partial charge on any atom is 0.147 e. The van der Waals surface area contributed by atoms with Gasteiger partial charge in [-0.3, -0.25) is 0 Å². The molecule has 0 aliphatic carbocycles. The Balaban J connectivity index is 2.50. The minimum absolute atomic E-state index is 0.0482. The molecule has 5 heteroatoms. The molecule has 0 aromatic heterocycles. The van der Waals surface area contributed by atoms with E-state index in [1.165, 1.54) is 32.9 Å². The minimum Gasteiger partial charge on any atom is -0.740 e. The second kappa shape index (κ2) is 11.1. The first-order valence-electron chi connectivity index (χ1n) is 13.7. The fourth-order valence-corrected chi connectivity index (χ4v) is 7.28. The molecule has 0 spiro atoms. The second-order valence-corrected chi connectivity index (χ2v) is 17.4. The molecule has 0 saturated carbocycles. The van der Waals surface area contributed by atoms with Crippen LogP contribution in [0.3, 0.4) is 0 Å². The molecule has 39 heavy (non-hydrogen) atoms. The van der Waals surface area contributed by atoms with Gasteiger partial charge in [-0.15, -0.1) is 0 Å². The third-order valence-electron chi connectivity index (χ3n) is 7.08. The van der Waals surface area contributed by atoms with Gasteiger partial charge in [0.1, 0.15) is 17.1 Å². The van der Waals surface area contributed by atoms with Crippen LogP contribution in [-0.4, -0.2) is 8.76 Å². The van der Waals surface area contributed by atoms with Gasteiger partial charge in [0.15, 0.2) is 0 Å². The molecule has 0 aliphatic rings. The van der Waals surface area contributed by atoms with Crippen molar-refractivity contribution < 1.29 is 12.9 Å². The van der Waals surface area contributed by atoms with Crippen LogP contribution in [0.25, 0.3) is 0 Å². The van der Waals surface area contributed by atoms with Gasteiger partial charge in [-0.25, -0.2) is 4.21 Å². The summed E-state index contributed by atoms with van der Waals surface area (Å²) in [6.07, 6.45) is 0. The van der Waals surface area contributed by atoms with Crippen molar-refractivity contribution in [3.05, 3.63) is 82.9 Å². The van der Waals surface area contributed by atoms with Crippen molar-refractivity contribution in [1.29, 1.82) is 0 Å². The summed E-state index contributed by atoms with van der Waals surface area (Å²) in [5.74, 6) is 0.383. The number of hydrogen-bond acceptors (Lipinski definition) is 3. The molecule has 212 valence electrons. The molecular weight excluding hydrogens is 519 g/mol. The molecule has 1 atom stereocenters. The summed E-state index contributed by atoms with van der Waals surface area (Å²) < 4.78 is 28.9. The summed E-state index contributed by atoms with van der Waals surface area (Å²) in [6, 6.07) is 21.6. The third-order valence-corrected chi connectivity index (χ3v) is 9.80. The number of rotatable bonds is 5. The van der Waals surface area contributed by atoms with Gasteiger partial charge >= 0.3 is 0 Å². The molecule has 0 amide bonds. The van der Waals surface area contributed by atoms with Gasteiger partial charge in [0.2, 0.25) is 0 Å². The molecule has 3 aromatic rings. The van der Waals surface area contributed by atoms with Crippen LogP contribution >= 0.6 is 7.92 Å². The standard InChI is InChI=1S/C34H47O3PS/c1-31(2,3)23-17-24(32(4,5)6)20-27(19-23)38(30-16-14-13-15-29(30)37-39(35)36)28-21-25(33(7,8)9)18-26(22-28)34(10,11)12/h13-22H,1-12H3,(H,35,36)/p-1. The lowest BCUT2D eigenvalue weighted by Gasteiger charge is -2.31. The monoisotopic (exact) mass is 565 g/mol. The van der Waals surface area contributed by atoms with Gasteiger partial charge in [0.25, 0.3) is 0 Å². The molecule has 3 aromatic carbocycles. The highest BCUT2D eigenvalue weighted by molar-refractivity contribution is 7.80. The maximum atomic E-state index is 11.7. The molecule has 0 heterocycles. The summed E-state index contributed by atoms with van der Waals surface area (Å²) in [5, 5.41) is 3.29. The van der Waals surface area contributed by atoms with Gasteiger partial charge in [-0.2, -0.15) is 0 Å². The lowest BCUT2D eigenvalue weighted by atomic mass is 9.81. The third kappa shape index (κ3) is 7.81. The zero-order valence-electron chi connectivity index (χ0n) is 25.9. The van der Waals surface area contributed by atoms with Crippen LogP contribution in [0.5, 0.6) is 5.75 Å². The van der Waals surface area contributed by atoms with E-state index in [1.807, 2.05) is 18.2 Å². The molecular formula is C34H46O3PS-. The highest BCUT2D eigenvalue weighted by Gasteiger charge is 2.29. The van der Waals surface area contributed by atoms with Crippen molar-refractivity contribution in [2.24, 2.45) is 0 Å². The largest absolute Gasteiger partial charge is 0.740 e. The van der Waals surface area contributed by atoms with E-state index in [0.717, 1.165) is 5.30 Å². The zero-order valence-corrected chi connectivity index (χ0v) is 27.6. The first-order valence-corrected chi connectivity index (χ1v) is 16.0. The summed E-state index contributed by atoms with van der Waals surface area (Å²) in [5.41, 5.74) is 4.89. The SMILES string of the molecule is CC(C)(C)c1cc(P(c2cc(C(C)(C)C)cc(C(C)(C)C)c2)c2ccccc2OS(=O)[O-])cc(C(C)(C)C)c1. The smallest absolute Gasteiger partial charge is 0.147 e. The molecule has 0 N–H and O–H groups in total. The molecule has 0 bridgehead atoms. The van der Waals surface area contributed by atoms with Crippen LogP contribution in [0.2, 0.25) is 0 Å². The molecule has 3 nitrogen and oxygen atoms in total. The highest BCUT2D eigenvalue weighted by atomic mass is 32.2. The Kier molecular flexibility index (Phi) is 8.98. The lowest BCUT2D eigenvalue weighted by Crippen LogP contribution is -2.28. The number of benzene rings is 3. The fourth-order valence-electron chi connectivity index (χ4n) is 4.43. The number of para-hydroxylation sites is 1. The quantitative estimate of drug-likeness (QED) is 0.234. The molecule has 0 aliphatic heterocycles. The lowest BCUT2D eigenvalue weighted by molar-refractivity contribution is 0.442. The summed E-state index contributed by atoms with van der Waals surface area (Å²) in [4.78, 5) is 0. The predicted octanol–water partition coefficient (Wildman–Crippen LogP) is 7.81. The van der Waals surface area contributed by atoms with Crippen molar-refractivity contribution in [3.8, 4) is 5.75 Å². The average Bonchev–Trinajstić information content (AvgIpc) is 2.77. The van der Waals surface area contributed by atoms with Crippen LogP contribution in [0.4, 0.5) is 0 Å². The Morgan fingerprint density at radius 1 is 0.590 bits per heavy atom. The van der Waals surface area contributed by atoms with Gasteiger partial charge in [-0.1, -0.05) is 138 Å². The topological polar surface area (TPSA) is 49.4 Å². The Labute approximate surface area is 241 Å². The predicted molar refractivity (Wildman–Crippen MR) is 169 cm³/mol. The van der Waals surface area contributed by atoms with E-state index < -0.39 is 19.3 Å². The van der Waals surface area contributed by atoms with E-state index in [0.29, 0.717) is 5.75 Å². The summed E-state index contributed by atoms with van der Waals surface area (Å²) >= 11 is -2.67. The van der Waals surface area contributed by atoms with E-state index in [2.05, 4.69) is 119 Å². The van der Waals surface area contributed by atoms with Gasteiger partial charge in [-0.05, 0) is 68.5 Å². The van der Waals surface area contributed by atoms with E-state index in [9.17, 15) is 8.76 Å². The molecule has 3 rings (SSSR count). The Morgan fingerprint density at radius 2 is 0.923 bits per heavy atom. The summed E-state index contributed by atoms with van der Waals surface area (Å²) in [7, 11) is -1.15. The molecule has 0 fully saturated rings. The Bertz CT molecular complexity index is 1210. The van der Waals surface area contributed by atoms with Crippen LogP contribution in [-0.2, 0) is 33.0 Å². The van der Waals surface area contributed by atoms with Crippen molar-refractivity contribution in [2.75, 3.05) is 0 Å². The van der Waals surface area contributed by atoms with Crippen LogP contribution < -0.4 is 20.1 Å². The van der Waals surface area contributed by atoms with E-state index >= 15 is 0 Å². The van der Waals surface area contributed by atoms with Crippen LogP contribution in [0.15, 0.2) is 60.7 Å². The normalized spacial score (nSPS) is 14.0. The Morgan fingerprint density at radius 3 is 1.23 bits per heavy atom. The van der Waals surface area contributed by atoms with Crippen LogP contribution in [0, 0.1) is 0 Å². The van der Waals surface area contributed by atoms with Crippen molar-refractivity contribution in [2.45, 2.75) is 105 Å². The van der Waals surface area contributed by atoms with E-state index in [4.69, 9.17) is 4.18 Å². The minimum atomic E-state index is -2.67. The van der Waals surface area contributed by atoms with Crippen molar-refractivity contribution >= 4 is 35.2 Å². The first kappa shape index (κ1) is 31.5. The molecule has 1 unspecified atom stereocenters. The van der Waals surface area contributed by atoms with E-state index in [1.54, 1.807) is 6.07 Å². The zero-order chi connectivity index (χ0) is 29.6. The number of hydrogen-bond donors (Lipinski definition) is 0. The summed E-state index contributed by atoms with van der Waals surface area (Å²) in [6.45, 7) is 27.0. The molecule has 0 radical (unpaired) electrons.